The number of hydrogen-bond acceptors (Lipinski definition) is 3. The second kappa shape index (κ2) is 10.1. The van der Waals surface area contributed by atoms with Gasteiger partial charge in [0.2, 0.25) is 5.91 Å². The number of para-hydroxylation sites is 1. The van der Waals surface area contributed by atoms with Gasteiger partial charge in [-0.2, -0.15) is 0 Å². The summed E-state index contributed by atoms with van der Waals surface area (Å²) in [7, 11) is 0. The third-order valence-electron chi connectivity index (χ3n) is 8.00. The average molecular weight is 460 g/mol. The number of amides is 1. The topological polar surface area (TPSA) is 36.4 Å². The van der Waals surface area contributed by atoms with Gasteiger partial charge >= 0.3 is 0 Å². The van der Waals surface area contributed by atoms with E-state index in [0.717, 1.165) is 62.8 Å². The molecule has 34 heavy (non-hydrogen) atoms. The first-order valence-electron chi connectivity index (χ1n) is 12.7. The lowest BCUT2D eigenvalue weighted by Crippen LogP contribution is -2.49. The van der Waals surface area contributed by atoms with Crippen LogP contribution in [0.2, 0.25) is 0 Å². The van der Waals surface area contributed by atoms with Crippen molar-refractivity contribution in [2.75, 3.05) is 31.1 Å². The predicted molar refractivity (Wildman–Crippen MR) is 135 cm³/mol. The van der Waals surface area contributed by atoms with E-state index in [1.54, 1.807) is 12.1 Å². The smallest absolute Gasteiger partial charge is 0.222 e. The molecule has 0 N–H and O–H groups in total. The first-order chi connectivity index (χ1) is 16.6. The van der Waals surface area contributed by atoms with Gasteiger partial charge < -0.3 is 9.80 Å². The summed E-state index contributed by atoms with van der Waals surface area (Å²) < 4.78 is 13.9. The largest absolute Gasteiger partial charge is 0.368 e. The Hall–Kier alpha value is -2.95. The molecule has 2 aliphatic rings. The normalized spacial score (nSPS) is 22.1. The standard InChI is InChI=1S/C29H34FN3O/c1-21(19-29(34)33-17-15-32(16-18-33)25-5-3-2-4-6-25)22-7-9-23(10-8-22)26-13-14-31-28-12-11-24(30)20-27(26)28/h2-6,11-14,20-23H,7-10,15-19H2,1H3/t21-,22?,23?/m0/s1. The minimum Gasteiger partial charge on any atom is -0.368 e. The van der Waals surface area contributed by atoms with E-state index in [2.05, 4.69) is 52.0 Å². The van der Waals surface area contributed by atoms with Crippen molar-refractivity contribution in [3.8, 4) is 0 Å². The zero-order chi connectivity index (χ0) is 23.5. The Bertz CT molecular complexity index is 1120. The van der Waals surface area contributed by atoms with Gasteiger partial charge in [0.05, 0.1) is 5.52 Å². The van der Waals surface area contributed by atoms with E-state index in [0.29, 0.717) is 30.1 Å². The molecule has 3 aromatic rings. The molecular formula is C29H34FN3O. The summed E-state index contributed by atoms with van der Waals surface area (Å²) in [5, 5.41) is 0.948. The Morgan fingerprint density at radius 1 is 1.00 bits per heavy atom. The summed E-state index contributed by atoms with van der Waals surface area (Å²) in [6.07, 6.45) is 6.92. The van der Waals surface area contributed by atoms with E-state index < -0.39 is 0 Å². The number of nitrogens with zero attached hydrogens (tertiary/aromatic N) is 3. The molecule has 2 heterocycles. The van der Waals surface area contributed by atoms with Crippen LogP contribution in [-0.2, 0) is 4.79 Å². The summed E-state index contributed by atoms with van der Waals surface area (Å²) in [6.45, 7) is 5.66. The number of pyridine rings is 1. The van der Waals surface area contributed by atoms with Crippen LogP contribution in [0, 0.1) is 17.7 Å². The van der Waals surface area contributed by atoms with Crippen LogP contribution in [0.3, 0.4) is 0 Å². The molecule has 1 saturated heterocycles. The Balaban J connectivity index is 1.13. The molecule has 5 heteroatoms. The highest BCUT2D eigenvalue weighted by molar-refractivity contribution is 5.82. The monoisotopic (exact) mass is 459 g/mol. The molecule has 0 radical (unpaired) electrons. The maximum atomic E-state index is 13.9. The molecule has 1 amide bonds. The van der Waals surface area contributed by atoms with Gasteiger partial charge in [-0.1, -0.05) is 25.1 Å². The average Bonchev–Trinajstić information content (AvgIpc) is 2.89. The van der Waals surface area contributed by atoms with Crippen molar-refractivity contribution in [3.05, 3.63) is 72.2 Å². The summed E-state index contributed by atoms with van der Waals surface area (Å²) in [6, 6.07) is 17.4. The number of carbonyl (C=O) groups is 1. The van der Waals surface area contributed by atoms with Crippen LogP contribution in [0.1, 0.15) is 50.5 Å². The number of carbonyl (C=O) groups excluding carboxylic acids is 1. The van der Waals surface area contributed by atoms with Crippen molar-refractivity contribution in [3.63, 3.8) is 0 Å². The second-order valence-corrected chi connectivity index (χ2v) is 10.1. The first-order valence-corrected chi connectivity index (χ1v) is 12.7. The van der Waals surface area contributed by atoms with E-state index in [1.165, 1.54) is 17.3 Å². The van der Waals surface area contributed by atoms with E-state index in [-0.39, 0.29) is 5.82 Å². The molecule has 1 atom stereocenters. The van der Waals surface area contributed by atoms with E-state index in [4.69, 9.17) is 0 Å². The van der Waals surface area contributed by atoms with Crippen LogP contribution in [0.15, 0.2) is 60.8 Å². The maximum Gasteiger partial charge on any atom is 0.222 e. The summed E-state index contributed by atoms with van der Waals surface area (Å²) in [4.78, 5) is 21.9. The van der Waals surface area contributed by atoms with Gasteiger partial charge in [-0.05, 0) is 85.4 Å². The highest BCUT2D eigenvalue weighted by Crippen LogP contribution is 2.41. The lowest BCUT2D eigenvalue weighted by molar-refractivity contribution is -0.132. The molecule has 4 nitrogen and oxygen atoms in total. The van der Waals surface area contributed by atoms with Gasteiger partial charge in [-0.15, -0.1) is 0 Å². The van der Waals surface area contributed by atoms with Gasteiger partial charge in [0.15, 0.2) is 0 Å². The molecule has 0 spiro atoms. The van der Waals surface area contributed by atoms with Crippen molar-refractivity contribution >= 4 is 22.5 Å². The molecule has 0 bridgehead atoms. The number of rotatable bonds is 5. The first kappa shape index (κ1) is 22.8. The molecule has 1 aromatic heterocycles. The fourth-order valence-corrected chi connectivity index (χ4v) is 5.92. The van der Waals surface area contributed by atoms with Crippen molar-refractivity contribution in [2.45, 2.75) is 44.9 Å². The Labute approximate surface area is 201 Å². The van der Waals surface area contributed by atoms with Gasteiger partial charge in [-0.25, -0.2) is 4.39 Å². The van der Waals surface area contributed by atoms with Crippen LogP contribution in [0.25, 0.3) is 10.9 Å². The fraction of sp³-hybridized carbons (Fsp3) is 0.448. The lowest BCUT2D eigenvalue weighted by atomic mass is 9.73. The quantitative estimate of drug-likeness (QED) is 0.468. The van der Waals surface area contributed by atoms with Crippen molar-refractivity contribution < 1.29 is 9.18 Å². The predicted octanol–water partition coefficient (Wildman–Crippen LogP) is 6.02. The van der Waals surface area contributed by atoms with Gasteiger partial charge in [-0.3, -0.25) is 9.78 Å². The SMILES string of the molecule is C[C@@H](CC(=O)N1CCN(c2ccccc2)CC1)C1CCC(c2ccnc3ccc(F)cc23)CC1. The number of anilines is 1. The number of piperazine rings is 1. The molecule has 1 saturated carbocycles. The van der Waals surface area contributed by atoms with Crippen LogP contribution in [0.4, 0.5) is 10.1 Å². The van der Waals surface area contributed by atoms with Gasteiger partial charge in [0.1, 0.15) is 5.82 Å². The molecular weight excluding hydrogens is 425 g/mol. The molecule has 2 fully saturated rings. The minimum absolute atomic E-state index is 0.202. The Morgan fingerprint density at radius 2 is 1.74 bits per heavy atom. The van der Waals surface area contributed by atoms with Crippen molar-refractivity contribution in [1.29, 1.82) is 0 Å². The molecule has 178 valence electrons. The lowest BCUT2D eigenvalue weighted by Gasteiger charge is -2.37. The number of aromatic nitrogens is 1. The fourth-order valence-electron chi connectivity index (χ4n) is 5.92. The Kier molecular flexibility index (Phi) is 6.80. The highest BCUT2D eigenvalue weighted by atomic mass is 19.1. The molecule has 1 aliphatic heterocycles. The van der Waals surface area contributed by atoms with E-state index in [1.807, 2.05) is 12.3 Å². The summed E-state index contributed by atoms with van der Waals surface area (Å²) in [5.41, 5.74) is 3.33. The Morgan fingerprint density at radius 3 is 2.47 bits per heavy atom. The van der Waals surface area contributed by atoms with Gasteiger partial charge in [0, 0.05) is 49.9 Å². The maximum absolute atomic E-state index is 13.9. The van der Waals surface area contributed by atoms with Crippen LogP contribution < -0.4 is 4.90 Å². The van der Waals surface area contributed by atoms with Crippen molar-refractivity contribution in [2.24, 2.45) is 11.8 Å². The van der Waals surface area contributed by atoms with Gasteiger partial charge in [0.25, 0.3) is 0 Å². The minimum atomic E-state index is -0.202. The third-order valence-corrected chi connectivity index (χ3v) is 8.00. The van der Waals surface area contributed by atoms with E-state index >= 15 is 0 Å². The second-order valence-electron chi connectivity index (χ2n) is 10.1. The van der Waals surface area contributed by atoms with Crippen molar-refractivity contribution in [1.82, 2.24) is 9.88 Å². The zero-order valence-corrected chi connectivity index (χ0v) is 20.0. The van der Waals surface area contributed by atoms with Crippen LogP contribution in [0.5, 0.6) is 0 Å². The molecule has 1 aliphatic carbocycles. The summed E-state index contributed by atoms with van der Waals surface area (Å²) >= 11 is 0. The van der Waals surface area contributed by atoms with Crippen LogP contribution in [-0.4, -0.2) is 42.0 Å². The number of halogens is 1. The zero-order valence-electron chi connectivity index (χ0n) is 20.0. The summed E-state index contributed by atoms with van der Waals surface area (Å²) in [5.74, 6) is 1.52. The number of hydrogen-bond donors (Lipinski definition) is 0. The number of benzene rings is 2. The molecule has 0 unspecified atom stereocenters. The number of fused-ring (bicyclic) bond motifs is 1. The van der Waals surface area contributed by atoms with Crippen LogP contribution >= 0.6 is 0 Å². The third kappa shape index (κ3) is 4.94. The highest BCUT2D eigenvalue weighted by Gasteiger charge is 2.30. The van der Waals surface area contributed by atoms with E-state index in [9.17, 15) is 9.18 Å². The molecule has 5 rings (SSSR count). The molecule has 2 aromatic carbocycles.